The first kappa shape index (κ1) is 9.68. The Kier molecular flexibility index (Phi) is 3.31. The van der Waals surface area contributed by atoms with Crippen LogP contribution in [0.1, 0.15) is 0 Å². The highest BCUT2D eigenvalue weighted by Gasteiger charge is 1.91. The fourth-order valence-corrected chi connectivity index (χ4v) is 0.803. The van der Waals surface area contributed by atoms with Crippen LogP contribution in [0.4, 0.5) is 4.70 Å². The van der Waals surface area contributed by atoms with E-state index in [1.54, 1.807) is 0 Å². The van der Waals surface area contributed by atoms with Gasteiger partial charge in [-0.1, -0.05) is 12.1 Å². The maximum absolute atomic E-state index is 5.01. The second-order valence-corrected chi connectivity index (χ2v) is 1.82. The van der Waals surface area contributed by atoms with Crippen LogP contribution in [-0.2, 0) is 0 Å². The van der Waals surface area contributed by atoms with Crippen molar-refractivity contribution in [3.05, 3.63) is 30.7 Å². The monoisotopic (exact) mass is 150 g/mol. The topological polar surface area (TPSA) is 26.0 Å². The quantitative estimate of drug-likeness (QED) is 0.533. The Morgan fingerprint density at radius 2 is 1.91 bits per heavy atom. The van der Waals surface area contributed by atoms with Gasteiger partial charge >= 0.3 is 0 Å². The normalized spacial score (nSPS) is 8.36. The average Bonchev–Trinajstić information content (AvgIpc) is 2.33. The van der Waals surface area contributed by atoms with Crippen molar-refractivity contribution in [3.63, 3.8) is 0 Å². The molecule has 0 fully saturated rings. The van der Waals surface area contributed by atoms with Crippen LogP contribution in [0.15, 0.2) is 35.1 Å². The van der Waals surface area contributed by atoms with E-state index in [0.717, 1.165) is 11.1 Å². The van der Waals surface area contributed by atoms with Crippen LogP contribution >= 0.6 is 0 Å². The van der Waals surface area contributed by atoms with Crippen LogP contribution in [0.5, 0.6) is 0 Å². The molecule has 2 rings (SSSR count). The van der Waals surface area contributed by atoms with E-state index in [2.05, 4.69) is 4.98 Å². The highest BCUT2D eigenvalue weighted by Crippen LogP contribution is 2.09. The second kappa shape index (κ2) is 3.76. The molecule has 11 heavy (non-hydrogen) atoms. The number of nitrogens with zero attached hydrogens (tertiary/aromatic N) is 1. The van der Waals surface area contributed by atoms with Gasteiger partial charge in [-0.25, -0.2) is 4.98 Å². The minimum atomic E-state index is 0. The van der Waals surface area contributed by atoms with Crippen molar-refractivity contribution in [1.29, 1.82) is 0 Å². The second-order valence-electron chi connectivity index (χ2n) is 1.82. The zero-order chi connectivity index (χ0) is 6.10. The number of fused-ring (bicyclic) bond motifs is 1. The van der Waals surface area contributed by atoms with Gasteiger partial charge in [-0.3, -0.25) is 4.70 Å². The highest BCUT2D eigenvalue weighted by atomic mass is 19.0. The average molecular weight is 150 g/mol. The number of halogens is 1. The largest absolute Gasteiger partial charge is 0.443 e. The molecular weight excluding hydrogens is 144 g/mol. The smallest absolute Gasteiger partial charge is 0.181 e. The number of rotatable bonds is 0. The molecule has 4 heteroatoms. The first-order chi connectivity index (χ1) is 4.47. The molecule has 3 radical (unpaired) electrons. The van der Waals surface area contributed by atoms with Crippen LogP contribution in [0.25, 0.3) is 11.1 Å². The number of hydrogen-bond acceptors (Lipinski definition) is 2. The number of oxazole rings is 1. The molecule has 2 nitrogen and oxygen atoms in total. The summed E-state index contributed by atoms with van der Waals surface area (Å²) in [5.74, 6) is 0. The zero-order valence-electron chi connectivity index (χ0n) is 5.73. The van der Waals surface area contributed by atoms with E-state index in [9.17, 15) is 0 Å². The molecule has 2 aromatic rings. The van der Waals surface area contributed by atoms with Crippen molar-refractivity contribution in [1.82, 2.24) is 4.98 Å². The first-order valence-corrected chi connectivity index (χ1v) is 2.75. The van der Waals surface area contributed by atoms with Crippen molar-refractivity contribution in [2.24, 2.45) is 0 Å². The number of hydrogen-bond donors (Lipinski definition) is 0. The number of aromatic nitrogens is 1. The standard InChI is InChI=1S/C7H5NO.B.FH/c1-2-4-7-6(3-1)8-5-9-7;;/h1-5H;;1H. The molecule has 0 unspecified atom stereocenters. The lowest BCUT2D eigenvalue weighted by atomic mass is 10.3. The van der Waals surface area contributed by atoms with Gasteiger partial charge in [-0.2, -0.15) is 0 Å². The Hall–Kier alpha value is -1.32. The molecule has 1 aromatic carbocycles. The lowest BCUT2D eigenvalue weighted by Gasteiger charge is -1.79. The van der Waals surface area contributed by atoms with Crippen LogP contribution in [-0.4, -0.2) is 13.4 Å². The number of para-hydroxylation sites is 2. The third-order valence-corrected chi connectivity index (χ3v) is 1.24. The van der Waals surface area contributed by atoms with Crippen molar-refractivity contribution in [2.75, 3.05) is 0 Å². The number of benzene rings is 1. The molecule has 0 amide bonds. The molecule has 1 heterocycles. The van der Waals surface area contributed by atoms with E-state index < -0.39 is 0 Å². The van der Waals surface area contributed by atoms with Crippen molar-refractivity contribution < 1.29 is 9.12 Å². The summed E-state index contributed by atoms with van der Waals surface area (Å²) < 4.78 is 5.01. The molecule has 55 valence electrons. The fourth-order valence-electron chi connectivity index (χ4n) is 0.803. The summed E-state index contributed by atoms with van der Waals surface area (Å²) in [5.41, 5.74) is 1.76. The molecule has 1 aromatic heterocycles. The molecule has 0 aliphatic carbocycles. The van der Waals surface area contributed by atoms with E-state index in [-0.39, 0.29) is 13.1 Å². The predicted octanol–water partition coefficient (Wildman–Crippen LogP) is 1.60. The van der Waals surface area contributed by atoms with E-state index >= 15 is 0 Å². The van der Waals surface area contributed by atoms with Gasteiger partial charge in [0.2, 0.25) is 0 Å². The molecule has 0 saturated carbocycles. The molecule has 0 N–H and O–H groups in total. The van der Waals surface area contributed by atoms with Crippen molar-refractivity contribution in [2.45, 2.75) is 0 Å². The Labute approximate surface area is 65.2 Å². The summed E-state index contributed by atoms with van der Waals surface area (Å²) >= 11 is 0. The summed E-state index contributed by atoms with van der Waals surface area (Å²) in [6, 6.07) is 7.67. The van der Waals surface area contributed by atoms with Crippen molar-refractivity contribution in [3.8, 4) is 0 Å². The van der Waals surface area contributed by atoms with Crippen molar-refractivity contribution >= 4 is 19.5 Å². The Bertz CT molecular complexity index is 292. The van der Waals surface area contributed by atoms with Crippen LogP contribution in [0, 0.1) is 0 Å². The van der Waals surface area contributed by atoms with Gasteiger partial charge in [0.1, 0.15) is 5.52 Å². The summed E-state index contributed by atoms with van der Waals surface area (Å²) in [5, 5.41) is 0. The molecule has 0 aliphatic rings. The molecule has 0 saturated heterocycles. The third-order valence-electron chi connectivity index (χ3n) is 1.24. The van der Waals surface area contributed by atoms with Gasteiger partial charge in [0.15, 0.2) is 12.0 Å². The lowest BCUT2D eigenvalue weighted by molar-refractivity contribution is 0.602. The van der Waals surface area contributed by atoms with Crippen LogP contribution in [0.3, 0.4) is 0 Å². The third kappa shape index (κ3) is 1.58. The van der Waals surface area contributed by atoms with E-state index in [0.29, 0.717) is 0 Å². The van der Waals surface area contributed by atoms with Gasteiger partial charge in [-0.15, -0.1) is 0 Å². The molecule has 0 spiro atoms. The maximum atomic E-state index is 5.01. The van der Waals surface area contributed by atoms with E-state index in [4.69, 9.17) is 4.42 Å². The summed E-state index contributed by atoms with van der Waals surface area (Å²) in [6.07, 6.45) is 1.45. The van der Waals surface area contributed by atoms with Gasteiger partial charge in [-0.05, 0) is 12.1 Å². The molecular formula is C7H6BFNO. The van der Waals surface area contributed by atoms with Gasteiger partial charge in [0.25, 0.3) is 0 Å². The fraction of sp³-hybridized carbons (Fsp3) is 0. The molecule has 0 aliphatic heterocycles. The zero-order valence-corrected chi connectivity index (χ0v) is 5.73. The Morgan fingerprint density at radius 1 is 1.18 bits per heavy atom. The molecule has 0 atom stereocenters. The van der Waals surface area contributed by atoms with Gasteiger partial charge in [0.05, 0.1) is 0 Å². The minimum Gasteiger partial charge on any atom is -0.443 e. The first-order valence-electron chi connectivity index (χ1n) is 2.75. The SMILES string of the molecule is F.[B].c1ccc2ocnc2c1. The summed E-state index contributed by atoms with van der Waals surface area (Å²) in [4.78, 5) is 3.95. The Balaban J connectivity index is 0.000000500. The minimum absolute atomic E-state index is 0. The van der Waals surface area contributed by atoms with Crippen LogP contribution in [0.2, 0.25) is 0 Å². The lowest BCUT2D eigenvalue weighted by Crippen LogP contribution is -1.61. The maximum Gasteiger partial charge on any atom is 0.181 e. The van der Waals surface area contributed by atoms with Gasteiger partial charge < -0.3 is 4.42 Å². The predicted molar refractivity (Wildman–Crippen MR) is 42.3 cm³/mol. The van der Waals surface area contributed by atoms with Crippen LogP contribution < -0.4 is 0 Å². The van der Waals surface area contributed by atoms with Gasteiger partial charge in [0, 0.05) is 8.41 Å². The highest BCUT2D eigenvalue weighted by molar-refractivity contribution is 5.75. The summed E-state index contributed by atoms with van der Waals surface area (Å²) in [7, 11) is 0. The Morgan fingerprint density at radius 3 is 2.64 bits per heavy atom. The van der Waals surface area contributed by atoms with E-state index in [1.807, 2.05) is 24.3 Å². The summed E-state index contributed by atoms with van der Waals surface area (Å²) in [6.45, 7) is 0. The van der Waals surface area contributed by atoms with E-state index in [1.165, 1.54) is 6.39 Å². The molecule has 0 bridgehead atoms.